The van der Waals surface area contributed by atoms with Crippen LogP contribution in [0.2, 0.25) is 0 Å². The lowest BCUT2D eigenvalue weighted by atomic mass is 9.89. The highest BCUT2D eigenvalue weighted by Gasteiger charge is 2.21. The molecule has 2 heterocycles. The Morgan fingerprint density at radius 2 is 2.11 bits per heavy atom. The zero-order chi connectivity index (χ0) is 13.1. The minimum Gasteiger partial charge on any atom is -0.437 e. The van der Waals surface area contributed by atoms with Crippen LogP contribution in [0.4, 0.5) is 5.88 Å². The summed E-state index contributed by atoms with van der Waals surface area (Å²) in [6.07, 6.45) is 3.72. The fraction of sp³-hybridized carbons (Fsp3) is 0.667. The Morgan fingerprint density at radius 3 is 2.72 bits per heavy atom. The van der Waals surface area contributed by atoms with Crippen molar-refractivity contribution in [2.24, 2.45) is 11.8 Å². The number of carbonyl (C=O) groups excluding carboxylic acids is 1. The molecule has 18 heavy (non-hydrogen) atoms. The van der Waals surface area contributed by atoms with Crippen molar-refractivity contribution in [3.63, 3.8) is 0 Å². The van der Waals surface area contributed by atoms with Crippen molar-refractivity contribution in [3.8, 4) is 0 Å². The van der Waals surface area contributed by atoms with Crippen molar-refractivity contribution in [2.75, 3.05) is 18.0 Å². The summed E-state index contributed by atoms with van der Waals surface area (Å²) >= 11 is 0. The van der Waals surface area contributed by atoms with E-state index in [1.54, 1.807) is 13.0 Å². The van der Waals surface area contributed by atoms with Gasteiger partial charge in [-0.25, -0.2) is 0 Å². The third kappa shape index (κ3) is 2.95. The van der Waals surface area contributed by atoms with E-state index in [2.05, 4.69) is 18.7 Å². The molecule has 0 radical (unpaired) electrons. The van der Waals surface area contributed by atoms with Crippen LogP contribution in [-0.2, 0) is 0 Å². The number of hydrogen-bond acceptors (Lipinski definition) is 3. The van der Waals surface area contributed by atoms with Gasteiger partial charge in [0.2, 0.25) is 0 Å². The van der Waals surface area contributed by atoms with E-state index >= 15 is 0 Å². The normalized spacial score (nSPS) is 21.1. The largest absolute Gasteiger partial charge is 0.437 e. The van der Waals surface area contributed by atoms with Gasteiger partial charge in [0.25, 0.3) is 0 Å². The summed E-state index contributed by atoms with van der Waals surface area (Å²) in [6.45, 7) is 8.23. The van der Waals surface area contributed by atoms with E-state index < -0.39 is 0 Å². The molecule has 1 atom stereocenters. The molecule has 1 saturated heterocycles. The summed E-state index contributed by atoms with van der Waals surface area (Å²) in [7, 11) is 0. The lowest BCUT2D eigenvalue weighted by molar-refractivity contribution is 0.0987. The second-order valence-corrected chi connectivity index (χ2v) is 5.62. The quantitative estimate of drug-likeness (QED) is 0.765. The van der Waals surface area contributed by atoms with E-state index in [1.807, 2.05) is 6.07 Å². The number of hydrogen-bond donors (Lipinski definition) is 0. The smallest absolute Gasteiger partial charge is 0.196 e. The number of ketones is 1. The molecule has 0 amide bonds. The molecule has 1 aliphatic rings. The molecule has 1 aromatic rings. The average Bonchev–Trinajstić information content (AvgIpc) is 2.67. The minimum atomic E-state index is -0.00358. The topological polar surface area (TPSA) is 33.5 Å². The van der Waals surface area contributed by atoms with Crippen LogP contribution in [0.25, 0.3) is 0 Å². The Kier molecular flexibility index (Phi) is 4.10. The van der Waals surface area contributed by atoms with Gasteiger partial charge in [-0.15, -0.1) is 0 Å². The van der Waals surface area contributed by atoms with Crippen molar-refractivity contribution in [1.29, 1.82) is 0 Å². The number of Topliss-reactive ketones (excluding diaryl/α,β-unsaturated/α-hetero) is 1. The number of rotatable bonds is 3. The van der Waals surface area contributed by atoms with Gasteiger partial charge >= 0.3 is 0 Å². The second-order valence-electron chi connectivity index (χ2n) is 5.62. The van der Waals surface area contributed by atoms with Crippen molar-refractivity contribution < 1.29 is 9.21 Å². The molecule has 0 aromatic carbocycles. The summed E-state index contributed by atoms with van der Waals surface area (Å²) in [5.74, 6) is 2.89. The Balaban J connectivity index is 2.02. The lowest BCUT2D eigenvalue weighted by Gasteiger charge is -2.20. The van der Waals surface area contributed by atoms with Crippen LogP contribution in [0.5, 0.6) is 0 Å². The third-order valence-electron chi connectivity index (χ3n) is 3.97. The summed E-state index contributed by atoms with van der Waals surface area (Å²) in [5, 5.41) is 0. The minimum absolute atomic E-state index is 0.00358. The van der Waals surface area contributed by atoms with E-state index in [1.165, 1.54) is 19.3 Å². The van der Waals surface area contributed by atoms with Crippen LogP contribution < -0.4 is 4.90 Å². The highest BCUT2D eigenvalue weighted by molar-refractivity contribution is 5.91. The molecule has 0 bridgehead atoms. The van der Waals surface area contributed by atoms with Gasteiger partial charge in [0, 0.05) is 26.1 Å². The maximum absolute atomic E-state index is 11.2. The van der Waals surface area contributed by atoms with Crippen LogP contribution in [-0.4, -0.2) is 18.9 Å². The monoisotopic (exact) mass is 249 g/mol. The second kappa shape index (κ2) is 5.59. The van der Waals surface area contributed by atoms with Crippen LogP contribution in [0, 0.1) is 11.8 Å². The third-order valence-corrected chi connectivity index (χ3v) is 3.97. The Bertz CT molecular complexity index is 408. The molecule has 3 nitrogen and oxygen atoms in total. The van der Waals surface area contributed by atoms with E-state index in [0.717, 1.165) is 30.8 Å². The first kappa shape index (κ1) is 13.2. The predicted molar refractivity (Wildman–Crippen MR) is 73.1 cm³/mol. The van der Waals surface area contributed by atoms with E-state index in [0.29, 0.717) is 5.76 Å². The maximum Gasteiger partial charge on any atom is 0.196 e. The molecule has 100 valence electrons. The summed E-state index contributed by atoms with van der Waals surface area (Å²) in [5.41, 5.74) is 0. The maximum atomic E-state index is 11.2. The first-order valence-corrected chi connectivity index (χ1v) is 6.93. The Hall–Kier alpha value is -1.25. The van der Waals surface area contributed by atoms with Gasteiger partial charge in [0.1, 0.15) is 0 Å². The van der Waals surface area contributed by atoms with Gasteiger partial charge in [-0.2, -0.15) is 0 Å². The van der Waals surface area contributed by atoms with Crippen molar-refractivity contribution in [1.82, 2.24) is 0 Å². The van der Waals surface area contributed by atoms with Crippen molar-refractivity contribution in [2.45, 2.75) is 40.0 Å². The average molecular weight is 249 g/mol. The summed E-state index contributed by atoms with van der Waals surface area (Å²) in [4.78, 5) is 13.5. The van der Waals surface area contributed by atoms with Crippen LogP contribution in [0.3, 0.4) is 0 Å². The van der Waals surface area contributed by atoms with Gasteiger partial charge in [-0.1, -0.05) is 13.8 Å². The van der Waals surface area contributed by atoms with Gasteiger partial charge < -0.3 is 9.32 Å². The predicted octanol–water partition coefficient (Wildman–Crippen LogP) is 3.74. The van der Waals surface area contributed by atoms with Crippen molar-refractivity contribution in [3.05, 3.63) is 17.9 Å². The van der Waals surface area contributed by atoms with Gasteiger partial charge in [-0.05, 0) is 37.2 Å². The van der Waals surface area contributed by atoms with Gasteiger partial charge in [0.05, 0.1) is 0 Å². The molecular formula is C15H23NO2. The van der Waals surface area contributed by atoms with Crippen LogP contribution >= 0.6 is 0 Å². The first-order chi connectivity index (χ1) is 8.58. The fourth-order valence-electron chi connectivity index (χ4n) is 2.70. The number of nitrogens with zero attached hydrogens (tertiary/aromatic N) is 1. The molecule has 0 aliphatic carbocycles. The molecule has 2 rings (SSSR count). The highest BCUT2D eigenvalue weighted by Crippen LogP contribution is 2.28. The molecule has 0 N–H and O–H groups in total. The Labute approximate surface area is 109 Å². The Morgan fingerprint density at radius 1 is 1.33 bits per heavy atom. The van der Waals surface area contributed by atoms with E-state index in [9.17, 15) is 4.79 Å². The fourth-order valence-corrected chi connectivity index (χ4v) is 2.70. The molecule has 1 fully saturated rings. The van der Waals surface area contributed by atoms with Crippen molar-refractivity contribution >= 4 is 11.7 Å². The van der Waals surface area contributed by atoms with Crippen LogP contribution in [0.15, 0.2) is 16.5 Å². The zero-order valence-electron chi connectivity index (χ0n) is 11.6. The van der Waals surface area contributed by atoms with E-state index in [4.69, 9.17) is 4.42 Å². The molecular weight excluding hydrogens is 226 g/mol. The standard InChI is InChI=1S/C15H23NO2/c1-11(2)13-5-4-9-16(10-8-13)15-7-6-14(18-15)12(3)17/h6-7,11,13H,4-5,8-10H2,1-3H3. The van der Waals surface area contributed by atoms with Crippen LogP contribution in [0.1, 0.15) is 50.6 Å². The SMILES string of the molecule is CC(=O)c1ccc(N2CCCC(C(C)C)CC2)o1. The summed E-state index contributed by atoms with van der Waals surface area (Å²) in [6, 6.07) is 3.70. The first-order valence-electron chi connectivity index (χ1n) is 6.93. The lowest BCUT2D eigenvalue weighted by Crippen LogP contribution is -2.24. The molecule has 0 spiro atoms. The molecule has 1 aliphatic heterocycles. The highest BCUT2D eigenvalue weighted by atomic mass is 16.4. The summed E-state index contributed by atoms with van der Waals surface area (Å²) < 4.78 is 5.61. The van der Waals surface area contributed by atoms with Gasteiger partial charge in [0.15, 0.2) is 17.4 Å². The molecule has 1 aromatic heterocycles. The van der Waals surface area contributed by atoms with Gasteiger partial charge in [-0.3, -0.25) is 4.79 Å². The number of anilines is 1. The zero-order valence-corrected chi connectivity index (χ0v) is 11.6. The molecule has 1 unspecified atom stereocenters. The number of carbonyl (C=O) groups is 1. The number of furan rings is 1. The molecule has 0 saturated carbocycles. The molecule has 3 heteroatoms. The van der Waals surface area contributed by atoms with E-state index in [-0.39, 0.29) is 5.78 Å².